The Kier molecular flexibility index (Phi) is 2.63. The van der Waals surface area contributed by atoms with Crippen molar-refractivity contribution in [1.29, 1.82) is 0 Å². The summed E-state index contributed by atoms with van der Waals surface area (Å²) in [4.78, 5) is 20.4. The van der Waals surface area contributed by atoms with Crippen LogP contribution in [0.2, 0.25) is 0 Å². The van der Waals surface area contributed by atoms with E-state index in [4.69, 9.17) is 0 Å². The summed E-state index contributed by atoms with van der Waals surface area (Å²) in [5.74, 6) is -0.747. The first-order chi connectivity index (χ1) is 8.75. The zero-order valence-corrected chi connectivity index (χ0v) is 9.64. The molecule has 18 heavy (non-hydrogen) atoms. The van der Waals surface area contributed by atoms with E-state index in [1.807, 2.05) is 12.1 Å². The lowest BCUT2D eigenvalue weighted by Crippen LogP contribution is -2.13. The number of ketones is 1. The number of halogens is 1. The molecule has 2 aromatic heterocycles. The predicted molar refractivity (Wildman–Crippen MR) is 63.8 cm³/mol. The van der Waals surface area contributed by atoms with Crippen LogP contribution in [0, 0.1) is 5.82 Å². The van der Waals surface area contributed by atoms with Gasteiger partial charge in [-0.2, -0.15) is 0 Å². The van der Waals surface area contributed by atoms with Crippen LogP contribution in [0.1, 0.15) is 34.1 Å². The van der Waals surface area contributed by atoms with Gasteiger partial charge in [-0.25, -0.2) is 4.39 Å². The summed E-state index contributed by atoms with van der Waals surface area (Å²) in [6.07, 6.45) is 4.38. The highest BCUT2D eigenvalue weighted by Gasteiger charge is 2.30. The monoisotopic (exact) mass is 242 g/mol. The number of hydrogen-bond acceptors (Lipinski definition) is 3. The van der Waals surface area contributed by atoms with Crippen LogP contribution in [0.4, 0.5) is 4.39 Å². The molecule has 0 saturated carbocycles. The van der Waals surface area contributed by atoms with E-state index >= 15 is 0 Å². The second kappa shape index (κ2) is 4.29. The second-order valence-corrected chi connectivity index (χ2v) is 4.36. The maximum absolute atomic E-state index is 12.8. The number of hydrogen-bond donors (Lipinski definition) is 0. The minimum atomic E-state index is -0.434. The topological polar surface area (TPSA) is 42.9 Å². The molecule has 0 saturated heterocycles. The van der Waals surface area contributed by atoms with Crippen molar-refractivity contribution in [3.8, 4) is 0 Å². The number of carbonyl (C=O) groups excluding carboxylic acids is 1. The lowest BCUT2D eigenvalue weighted by Gasteiger charge is -2.08. The molecule has 1 unspecified atom stereocenters. The first-order valence-corrected chi connectivity index (χ1v) is 5.85. The summed E-state index contributed by atoms with van der Waals surface area (Å²) in [6.45, 7) is 0. The van der Waals surface area contributed by atoms with Crippen molar-refractivity contribution in [2.45, 2.75) is 18.8 Å². The molecule has 0 aromatic carbocycles. The molecule has 2 heterocycles. The molecule has 2 aromatic rings. The van der Waals surface area contributed by atoms with Gasteiger partial charge in [0.15, 0.2) is 5.78 Å². The van der Waals surface area contributed by atoms with E-state index in [0.717, 1.165) is 30.3 Å². The molecule has 0 fully saturated rings. The Hall–Kier alpha value is -2.10. The van der Waals surface area contributed by atoms with Crippen LogP contribution < -0.4 is 0 Å². The molecule has 1 atom stereocenters. The number of nitrogens with zero attached hydrogens (tertiary/aromatic N) is 2. The Morgan fingerprint density at radius 2 is 2.17 bits per heavy atom. The summed E-state index contributed by atoms with van der Waals surface area (Å²) in [5, 5.41) is 0. The van der Waals surface area contributed by atoms with Gasteiger partial charge >= 0.3 is 0 Å². The molecule has 0 aliphatic heterocycles. The molecule has 0 bridgehead atoms. The molecule has 90 valence electrons. The Morgan fingerprint density at radius 3 is 2.94 bits per heavy atom. The number of Topliss-reactive ketones (excluding diaryl/α,β-unsaturated/α-hetero) is 1. The van der Waals surface area contributed by atoms with Crippen LogP contribution in [0.25, 0.3) is 0 Å². The highest BCUT2D eigenvalue weighted by Crippen LogP contribution is 2.33. The third-order valence-electron chi connectivity index (χ3n) is 3.25. The van der Waals surface area contributed by atoms with Crippen LogP contribution in [-0.4, -0.2) is 15.8 Å². The molecular formula is C14H11FN2O. The van der Waals surface area contributed by atoms with E-state index in [1.54, 1.807) is 6.20 Å². The van der Waals surface area contributed by atoms with E-state index in [2.05, 4.69) is 9.97 Å². The number of carbonyl (C=O) groups is 1. The summed E-state index contributed by atoms with van der Waals surface area (Å²) in [7, 11) is 0. The first kappa shape index (κ1) is 11.0. The normalized spacial score (nSPS) is 17.5. The zero-order valence-electron chi connectivity index (χ0n) is 9.64. The van der Waals surface area contributed by atoms with E-state index in [-0.39, 0.29) is 11.7 Å². The van der Waals surface area contributed by atoms with E-state index in [1.165, 1.54) is 12.1 Å². The van der Waals surface area contributed by atoms with Gasteiger partial charge in [0.05, 0.1) is 17.8 Å². The quantitative estimate of drug-likeness (QED) is 0.760. The molecule has 0 radical (unpaired) electrons. The molecule has 1 aliphatic carbocycles. The van der Waals surface area contributed by atoms with E-state index in [9.17, 15) is 9.18 Å². The lowest BCUT2D eigenvalue weighted by molar-refractivity contribution is 0.0953. The molecule has 0 amide bonds. The predicted octanol–water partition coefficient (Wildman–Crippen LogP) is 2.53. The molecule has 3 nitrogen and oxygen atoms in total. The van der Waals surface area contributed by atoms with Gasteiger partial charge in [-0.05, 0) is 36.6 Å². The fourth-order valence-electron chi connectivity index (χ4n) is 2.37. The van der Waals surface area contributed by atoms with Crippen molar-refractivity contribution in [1.82, 2.24) is 9.97 Å². The molecule has 0 N–H and O–H groups in total. The van der Waals surface area contributed by atoms with Gasteiger partial charge in [-0.15, -0.1) is 0 Å². The maximum atomic E-state index is 12.8. The third-order valence-corrected chi connectivity index (χ3v) is 3.25. The Balaban J connectivity index is 1.93. The number of fused-ring (bicyclic) bond motifs is 1. The smallest absolute Gasteiger partial charge is 0.190 e. The van der Waals surface area contributed by atoms with E-state index < -0.39 is 5.82 Å². The number of aryl methyl sites for hydroxylation is 1. The van der Waals surface area contributed by atoms with Crippen molar-refractivity contribution >= 4 is 5.78 Å². The van der Waals surface area contributed by atoms with Crippen molar-refractivity contribution in [3.63, 3.8) is 0 Å². The average molecular weight is 242 g/mol. The van der Waals surface area contributed by atoms with Gasteiger partial charge in [0.2, 0.25) is 0 Å². The molecular weight excluding hydrogens is 231 g/mol. The summed E-state index contributed by atoms with van der Waals surface area (Å²) < 4.78 is 12.8. The van der Waals surface area contributed by atoms with Crippen LogP contribution in [0.3, 0.4) is 0 Å². The second-order valence-electron chi connectivity index (χ2n) is 4.36. The summed E-state index contributed by atoms with van der Waals surface area (Å²) in [6, 6.07) is 6.56. The van der Waals surface area contributed by atoms with Crippen LogP contribution in [0.15, 0.2) is 36.7 Å². The van der Waals surface area contributed by atoms with Gasteiger partial charge in [0.25, 0.3) is 0 Å². The largest absolute Gasteiger partial charge is 0.292 e. The first-order valence-electron chi connectivity index (χ1n) is 5.85. The standard InChI is InChI=1S/C14H11FN2O/c15-10-4-6-12(17-8-10)14(18)11-5-3-9-2-1-7-16-13(9)11/h1-2,4,6-8,11H,3,5H2. The molecule has 3 rings (SSSR count). The van der Waals surface area contributed by atoms with Gasteiger partial charge < -0.3 is 0 Å². The average Bonchev–Trinajstić information content (AvgIpc) is 2.82. The molecule has 0 spiro atoms. The number of pyridine rings is 2. The number of rotatable bonds is 2. The summed E-state index contributed by atoms with van der Waals surface area (Å²) >= 11 is 0. The van der Waals surface area contributed by atoms with E-state index in [0.29, 0.717) is 5.69 Å². The lowest BCUT2D eigenvalue weighted by atomic mass is 9.98. The van der Waals surface area contributed by atoms with Gasteiger partial charge in [0.1, 0.15) is 11.5 Å². The fraction of sp³-hybridized carbons (Fsp3) is 0.214. The van der Waals surface area contributed by atoms with Crippen molar-refractivity contribution < 1.29 is 9.18 Å². The van der Waals surface area contributed by atoms with Crippen LogP contribution >= 0.6 is 0 Å². The van der Waals surface area contributed by atoms with Gasteiger partial charge in [-0.3, -0.25) is 14.8 Å². The number of aromatic nitrogens is 2. The van der Waals surface area contributed by atoms with Crippen molar-refractivity contribution in [3.05, 3.63) is 59.4 Å². The van der Waals surface area contributed by atoms with Gasteiger partial charge in [0, 0.05) is 6.20 Å². The molecule has 4 heteroatoms. The minimum absolute atomic E-state index is 0.0764. The highest BCUT2D eigenvalue weighted by atomic mass is 19.1. The van der Waals surface area contributed by atoms with Crippen LogP contribution in [0.5, 0.6) is 0 Å². The third kappa shape index (κ3) is 1.79. The Morgan fingerprint density at radius 1 is 1.28 bits per heavy atom. The fourth-order valence-corrected chi connectivity index (χ4v) is 2.37. The maximum Gasteiger partial charge on any atom is 0.190 e. The highest BCUT2D eigenvalue weighted by molar-refractivity contribution is 5.99. The van der Waals surface area contributed by atoms with Crippen LogP contribution in [-0.2, 0) is 6.42 Å². The summed E-state index contributed by atoms with van der Waals surface area (Å²) in [5.41, 5.74) is 2.27. The Bertz CT molecular complexity index is 595. The Labute approximate surface area is 104 Å². The zero-order chi connectivity index (χ0) is 12.5. The van der Waals surface area contributed by atoms with Gasteiger partial charge in [-0.1, -0.05) is 6.07 Å². The minimum Gasteiger partial charge on any atom is -0.292 e. The van der Waals surface area contributed by atoms with Crippen molar-refractivity contribution in [2.75, 3.05) is 0 Å². The molecule has 1 aliphatic rings. The van der Waals surface area contributed by atoms with Crippen molar-refractivity contribution in [2.24, 2.45) is 0 Å². The SMILES string of the molecule is O=C(c1ccc(F)cn1)C1CCc2cccnc21.